The number of aromatic nitrogens is 2. The van der Waals surface area contributed by atoms with Crippen molar-refractivity contribution in [2.75, 3.05) is 0 Å². The summed E-state index contributed by atoms with van der Waals surface area (Å²) in [6.45, 7) is 12.2. The van der Waals surface area contributed by atoms with E-state index in [-0.39, 0.29) is 0 Å². The molecule has 0 saturated carbocycles. The molecule has 0 aliphatic carbocycles. The Labute approximate surface area is 99.3 Å². The first-order chi connectivity index (χ1) is 7.68. The van der Waals surface area contributed by atoms with E-state index in [0.717, 1.165) is 5.52 Å². The summed E-state index contributed by atoms with van der Waals surface area (Å²) in [5.74, 6) is 0. The maximum absolute atomic E-state index is 4.39. The zero-order chi connectivity index (χ0) is 12.7. The number of rotatable bonds is 0. The van der Waals surface area contributed by atoms with E-state index in [1.54, 1.807) is 0 Å². The van der Waals surface area contributed by atoms with Crippen molar-refractivity contribution in [3.05, 3.63) is 29.5 Å². The van der Waals surface area contributed by atoms with Crippen LogP contribution in [0.15, 0.2) is 18.3 Å². The third-order valence-corrected chi connectivity index (χ3v) is 2.21. The van der Waals surface area contributed by atoms with E-state index in [4.69, 9.17) is 0 Å². The molecule has 2 rings (SSSR count). The lowest BCUT2D eigenvalue weighted by Crippen LogP contribution is -1.85. The average molecular weight is 220 g/mol. The monoisotopic (exact) mass is 220 g/mol. The van der Waals surface area contributed by atoms with Crippen molar-refractivity contribution >= 4 is 10.9 Å². The highest BCUT2D eigenvalue weighted by atomic mass is 15.2. The first-order valence-electron chi connectivity index (χ1n) is 6.08. The van der Waals surface area contributed by atoms with Crippen LogP contribution in [0.5, 0.6) is 0 Å². The lowest BCUT2D eigenvalue weighted by atomic mass is 10.1. The van der Waals surface area contributed by atoms with Gasteiger partial charge in [0.15, 0.2) is 0 Å². The molecule has 90 valence electrons. The lowest BCUT2D eigenvalue weighted by Gasteiger charge is -1.96. The van der Waals surface area contributed by atoms with Crippen LogP contribution in [0.2, 0.25) is 0 Å². The summed E-state index contributed by atoms with van der Waals surface area (Å²) >= 11 is 0. The van der Waals surface area contributed by atoms with Crippen LogP contribution in [0.3, 0.4) is 0 Å². The Morgan fingerprint density at radius 3 is 1.94 bits per heavy atom. The number of hydrogen-bond acceptors (Lipinski definition) is 1. The molecule has 1 aromatic carbocycles. The topological polar surface area (TPSA) is 17.8 Å². The Balaban J connectivity index is 0.000000509. The van der Waals surface area contributed by atoms with E-state index in [1.165, 1.54) is 16.5 Å². The van der Waals surface area contributed by atoms with E-state index in [1.807, 2.05) is 39.4 Å². The minimum Gasteiger partial charge on any atom is -0.275 e. The number of fused-ring (bicyclic) bond motifs is 1. The van der Waals surface area contributed by atoms with Crippen molar-refractivity contribution in [3.8, 4) is 0 Å². The Bertz CT molecular complexity index is 388. The van der Waals surface area contributed by atoms with Gasteiger partial charge in [-0.25, -0.2) is 0 Å². The first kappa shape index (κ1) is 14.7. The van der Waals surface area contributed by atoms with Gasteiger partial charge in [-0.2, -0.15) is 5.10 Å². The molecule has 0 amide bonds. The van der Waals surface area contributed by atoms with Crippen LogP contribution in [0.25, 0.3) is 10.9 Å². The summed E-state index contributed by atoms with van der Waals surface area (Å²) in [6.07, 6.45) is 2.07. The molecule has 0 N–H and O–H groups in total. The fourth-order valence-corrected chi connectivity index (χ4v) is 1.49. The Kier molecular flexibility index (Phi) is 6.47. The molecule has 0 aliphatic rings. The number of aryl methyl sites for hydroxylation is 3. The highest BCUT2D eigenvalue weighted by Gasteiger charge is 2.03. The second kappa shape index (κ2) is 7.04. The molecule has 1 aromatic heterocycles. The molecule has 0 fully saturated rings. The minimum atomic E-state index is 1.12. The molecule has 0 spiro atoms. The predicted octanol–water partition coefficient (Wildman–Crippen LogP) is 4.24. The SMILES string of the molecule is CC.CC.Cc1ccc(C)c2nn(C)cc12. The van der Waals surface area contributed by atoms with Crippen molar-refractivity contribution < 1.29 is 0 Å². The second-order valence-electron chi connectivity index (χ2n) is 3.26. The summed E-state index contributed by atoms with van der Waals surface area (Å²) in [5, 5.41) is 5.65. The van der Waals surface area contributed by atoms with Gasteiger partial charge in [0.1, 0.15) is 0 Å². The largest absolute Gasteiger partial charge is 0.275 e. The fourth-order valence-electron chi connectivity index (χ4n) is 1.49. The average Bonchev–Trinajstić information content (AvgIpc) is 2.72. The van der Waals surface area contributed by atoms with Gasteiger partial charge >= 0.3 is 0 Å². The van der Waals surface area contributed by atoms with Gasteiger partial charge in [-0.15, -0.1) is 0 Å². The van der Waals surface area contributed by atoms with E-state index >= 15 is 0 Å². The summed E-state index contributed by atoms with van der Waals surface area (Å²) < 4.78 is 1.87. The standard InChI is InChI=1S/C10H12N2.2C2H6/c1-7-4-5-8(2)10-9(7)6-12(3)11-10;2*1-2/h4-6H,1-3H3;2*1-2H3. The molecule has 0 saturated heterocycles. The normalized spacial score (nSPS) is 8.94. The summed E-state index contributed by atoms with van der Waals surface area (Å²) in [6, 6.07) is 4.25. The molecule has 0 unspecified atom stereocenters. The molecular weight excluding hydrogens is 196 g/mol. The quantitative estimate of drug-likeness (QED) is 0.649. The van der Waals surface area contributed by atoms with Gasteiger partial charge in [-0.1, -0.05) is 39.8 Å². The Morgan fingerprint density at radius 2 is 1.44 bits per heavy atom. The van der Waals surface area contributed by atoms with E-state index < -0.39 is 0 Å². The third kappa shape index (κ3) is 3.09. The maximum Gasteiger partial charge on any atom is 0.0954 e. The molecule has 0 atom stereocenters. The second-order valence-corrected chi connectivity index (χ2v) is 3.26. The van der Waals surface area contributed by atoms with Gasteiger partial charge in [0.05, 0.1) is 5.52 Å². The third-order valence-electron chi connectivity index (χ3n) is 2.21. The molecule has 2 nitrogen and oxygen atoms in total. The van der Waals surface area contributed by atoms with Crippen molar-refractivity contribution in [3.63, 3.8) is 0 Å². The first-order valence-corrected chi connectivity index (χ1v) is 6.08. The van der Waals surface area contributed by atoms with Crippen molar-refractivity contribution in [2.24, 2.45) is 7.05 Å². The van der Waals surface area contributed by atoms with Gasteiger partial charge in [0.2, 0.25) is 0 Å². The molecule has 0 radical (unpaired) electrons. The summed E-state index contributed by atoms with van der Waals surface area (Å²) in [7, 11) is 1.96. The van der Waals surface area contributed by atoms with E-state index in [9.17, 15) is 0 Å². The van der Waals surface area contributed by atoms with Crippen LogP contribution in [0.1, 0.15) is 38.8 Å². The Hall–Kier alpha value is -1.31. The van der Waals surface area contributed by atoms with Gasteiger partial charge in [0, 0.05) is 18.6 Å². The zero-order valence-electron chi connectivity index (χ0n) is 11.6. The van der Waals surface area contributed by atoms with Crippen molar-refractivity contribution in [2.45, 2.75) is 41.5 Å². The summed E-state index contributed by atoms with van der Waals surface area (Å²) in [5.41, 5.74) is 3.66. The van der Waals surface area contributed by atoms with Crippen LogP contribution in [0.4, 0.5) is 0 Å². The molecule has 2 heteroatoms. The smallest absolute Gasteiger partial charge is 0.0954 e. The minimum absolute atomic E-state index is 1.12. The molecular formula is C14H24N2. The zero-order valence-corrected chi connectivity index (χ0v) is 11.6. The molecule has 2 aromatic rings. The Morgan fingerprint density at radius 1 is 0.938 bits per heavy atom. The highest BCUT2D eigenvalue weighted by Crippen LogP contribution is 2.19. The molecule has 16 heavy (non-hydrogen) atoms. The van der Waals surface area contributed by atoms with Gasteiger partial charge in [-0.3, -0.25) is 4.68 Å². The highest BCUT2D eigenvalue weighted by molar-refractivity contribution is 5.84. The maximum atomic E-state index is 4.39. The van der Waals surface area contributed by atoms with Crippen molar-refractivity contribution in [1.82, 2.24) is 9.78 Å². The number of benzene rings is 1. The van der Waals surface area contributed by atoms with Gasteiger partial charge < -0.3 is 0 Å². The van der Waals surface area contributed by atoms with Crippen LogP contribution < -0.4 is 0 Å². The van der Waals surface area contributed by atoms with Gasteiger partial charge in [-0.05, 0) is 25.0 Å². The molecule has 0 bridgehead atoms. The van der Waals surface area contributed by atoms with Crippen molar-refractivity contribution in [1.29, 1.82) is 0 Å². The molecule has 1 heterocycles. The molecule has 0 aliphatic heterocycles. The lowest BCUT2D eigenvalue weighted by molar-refractivity contribution is 0.779. The van der Waals surface area contributed by atoms with Crippen LogP contribution in [-0.4, -0.2) is 9.78 Å². The predicted molar refractivity (Wildman–Crippen MR) is 72.9 cm³/mol. The number of hydrogen-bond donors (Lipinski definition) is 0. The number of nitrogens with zero attached hydrogens (tertiary/aromatic N) is 2. The van der Waals surface area contributed by atoms with E-state index in [0.29, 0.717) is 0 Å². The van der Waals surface area contributed by atoms with E-state index in [2.05, 4.69) is 37.3 Å². The van der Waals surface area contributed by atoms with Crippen LogP contribution >= 0.6 is 0 Å². The van der Waals surface area contributed by atoms with Gasteiger partial charge in [0.25, 0.3) is 0 Å². The summed E-state index contributed by atoms with van der Waals surface area (Å²) in [4.78, 5) is 0. The van der Waals surface area contributed by atoms with Crippen LogP contribution in [-0.2, 0) is 7.05 Å². The van der Waals surface area contributed by atoms with Crippen LogP contribution in [0, 0.1) is 13.8 Å². The fraction of sp³-hybridized carbons (Fsp3) is 0.500.